The minimum absolute atomic E-state index is 0.601. The Morgan fingerprint density at radius 1 is 1.09 bits per heavy atom. The average Bonchev–Trinajstić information content (AvgIpc) is 3.31. The summed E-state index contributed by atoms with van der Waals surface area (Å²) in [6, 6.07) is 0. The lowest BCUT2D eigenvalue weighted by Gasteiger charge is -2.17. The predicted octanol–water partition coefficient (Wildman–Crippen LogP) is 2.77. The molecule has 108 valence electrons. The number of hydrogen-bond acceptors (Lipinski definition) is 4. The highest BCUT2D eigenvalue weighted by atomic mass is 15.1. The van der Waals surface area contributed by atoms with E-state index < -0.39 is 0 Å². The Hall–Kier alpha value is -2.56. The Labute approximate surface area is 127 Å². The summed E-state index contributed by atoms with van der Waals surface area (Å²) in [6.07, 6.45) is 16.4. The molecule has 2 aliphatic rings. The van der Waals surface area contributed by atoms with Gasteiger partial charge in [0.05, 0.1) is 5.69 Å². The zero-order valence-corrected chi connectivity index (χ0v) is 12.1. The molecule has 0 N–H and O–H groups in total. The second-order valence-electron chi connectivity index (χ2n) is 6.00. The van der Waals surface area contributed by atoms with Crippen molar-refractivity contribution in [3.63, 3.8) is 0 Å². The lowest BCUT2D eigenvalue weighted by molar-refractivity contribution is 0.838. The van der Waals surface area contributed by atoms with Crippen LogP contribution in [0.25, 0.3) is 11.4 Å². The zero-order valence-electron chi connectivity index (χ0n) is 12.1. The van der Waals surface area contributed by atoms with Crippen molar-refractivity contribution in [2.24, 2.45) is 0 Å². The van der Waals surface area contributed by atoms with Crippen LogP contribution in [-0.2, 0) is 6.42 Å². The van der Waals surface area contributed by atoms with E-state index in [1.54, 1.807) is 6.20 Å². The van der Waals surface area contributed by atoms with Crippen LogP contribution in [0.5, 0.6) is 0 Å². The highest BCUT2D eigenvalue weighted by Gasteiger charge is 2.28. The van der Waals surface area contributed by atoms with Crippen molar-refractivity contribution in [3.05, 3.63) is 59.7 Å². The summed E-state index contributed by atoms with van der Waals surface area (Å²) >= 11 is 0. The molecule has 0 saturated heterocycles. The molecular weight excluding hydrogens is 274 g/mol. The van der Waals surface area contributed by atoms with Gasteiger partial charge in [-0.3, -0.25) is 4.40 Å². The Balaban J connectivity index is 1.61. The quantitative estimate of drug-likeness (QED) is 0.728. The van der Waals surface area contributed by atoms with Gasteiger partial charge in [-0.05, 0) is 31.3 Å². The molecule has 3 heterocycles. The van der Waals surface area contributed by atoms with Gasteiger partial charge in [0.1, 0.15) is 5.82 Å². The van der Waals surface area contributed by atoms with Crippen LogP contribution in [0.4, 0.5) is 0 Å². The van der Waals surface area contributed by atoms with Crippen LogP contribution in [-0.4, -0.2) is 24.3 Å². The number of rotatable bonds is 2. The molecule has 0 aliphatic heterocycles. The molecule has 0 radical (unpaired) electrons. The molecule has 0 spiro atoms. The summed E-state index contributed by atoms with van der Waals surface area (Å²) in [5, 5.41) is 0. The number of fused-ring (bicyclic) bond motifs is 2. The molecule has 0 amide bonds. The number of hydrogen-bond donors (Lipinski definition) is 0. The molecule has 0 bridgehead atoms. The first-order valence-corrected chi connectivity index (χ1v) is 7.74. The van der Waals surface area contributed by atoms with Crippen LogP contribution in [0, 0.1) is 0 Å². The smallest absolute Gasteiger partial charge is 0.233 e. The summed E-state index contributed by atoms with van der Waals surface area (Å²) in [4.78, 5) is 18.0. The van der Waals surface area contributed by atoms with Crippen molar-refractivity contribution in [3.8, 4) is 0 Å². The fourth-order valence-electron chi connectivity index (χ4n) is 3.08. The van der Waals surface area contributed by atoms with Gasteiger partial charge in [0.2, 0.25) is 5.78 Å². The fourth-order valence-corrected chi connectivity index (χ4v) is 3.08. The van der Waals surface area contributed by atoms with Crippen LogP contribution in [0.2, 0.25) is 0 Å². The van der Waals surface area contributed by atoms with E-state index in [2.05, 4.69) is 27.2 Å². The monoisotopic (exact) mass is 289 g/mol. The van der Waals surface area contributed by atoms with E-state index in [0.717, 1.165) is 35.6 Å². The van der Waals surface area contributed by atoms with E-state index in [-0.39, 0.29) is 0 Å². The third-order valence-electron chi connectivity index (χ3n) is 4.41. The topological polar surface area (TPSA) is 56.0 Å². The van der Waals surface area contributed by atoms with E-state index in [9.17, 15) is 0 Å². The van der Waals surface area contributed by atoms with Gasteiger partial charge in [-0.15, -0.1) is 0 Å². The Bertz CT molecular complexity index is 904. The first-order chi connectivity index (χ1) is 10.9. The molecule has 1 fully saturated rings. The molecule has 22 heavy (non-hydrogen) atoms. The van der Waals surface area contributed by atoms with Crippen LogP contribution < -0.4 is 0 Å². The largest absolute Gasteiger partial charge is 0.291 e. The van der Waals surface area contributed by atoms with E-state index in [4.69, 9.17) is 4.98 Å². The van der Waals surface area contributed by atoms with Gasteiger partial charge in [-0.25, -0.2) is 19.9 Å². The minimum atomic E-state index is 0.601. The third-order valence-corrected chi connectivity index (χ3v) is 4.41. The highest BCUT2D eigenvalue weighted by Crippen LogP contribution is 2.39. The average molecular weight is 289 g/mol. The van der Waals surface area contributed by atoms with Crippen molar-refractivity contribution >= 4 is 11.4 Å². The Kier molecular flexibility index (Phi) is 2.44. The minimum Gasteiger partial charge on any atom is -0.291 e. The molecule has 2 aliphatic carbocycles. The Morgan fingerprint density at radius 2 is 2.05 bits per heavy atom. The normalized spacial score (nSPS) is 17.4. The summed E-state index contributed by atoms with van der Waals surface area (Å²) < 4.78 is 1.95. The van der Waals surface area contributed by atoms with Crippen LogP contribution in [0.15, 0.2) is 37.1 Å². The van der Waals surface area contributed by atoms with E-state index in [1.165, 1.54) is 24.1 Å². The van der Waals surface area contributed by atoms with Crippen LogP contribution >= 0.6 is 0 Å². The predicted molar refractivity (Wildman–Crippen MR) is 82.4 cm³/mol. The molecular formula is C17H15N5. The molecule has 3 aromatic rings. The van der Waals surface area contributed by atoms with Gasteiger partial charge in [0, 0.05) is 48.0 Å². The van der Waals surface area contributed by atoms with Crippen molar-refractivity contribution in [1.29, 1.82) is 0 Å². The standard InChI is InChI=1S/C17H15N5/c1-2-13(12-8-20-17-18-6-7-22(17)10-12)14-9-19-16(11-4-5-11)21-15(14)3-1/h2,6-11H,1,3-5H2. The molecule has 0 unspecified atom stereocenters. The summed E-state index contributed by atoms with van der Waals surface area (Å²) in [6.45, 7) is 0. The molecule has 5 heteroatoms. The number of aryl methyl sites for hydroxylation is 1. The van der Waals surface area contributed by atoms with Crippen LogP contribution in [0.1, 0.15) is 47.8 Å². The molecule has 0 atom stereocenters. The molecule has 5 rings (SSSR count). The van der Waals surface area contributed by atoms with E-state index in [0.29, 0.717) is 5.92 Å². The van der Waals surface area contributed by atoms with E-state index in [1.807, 2.05) is 23.0 Å². The van der Waals surface area contributed by atoms with E-state index >= 15 is 0 Å². The van der Waals surface area contributed by atoms with Gasteiger partial charge in [-0.1, -0.05) is 6.08 Å². The second kappa shape index (κ2) is 4.47. The van der Waals surface area contributed by atoms with Crippen LogP contribution in [0.3, 0.4) is 0 Å². The van der Waals surface area contributed by atoms with Gasteiger partial charge < -0.3 is 0 Å². The van der Waals surface area contributed by atoms with Crippen molar-refractivity contribution in [1.82, 2.24) is 24.3 Å². The maximum atomic E-state index is 4.81. The van der Waals surface area contributed by atoms with Crippen molar-refractivity contribution < 1.29 is 0 Å². The molecule has 3 aromatic heterocycles. The zero-order chi connectivity index (χ0) is 14.5. The lowest BCUT2D eigenvalue weighted by Crippen LogP contribution is -2.08. The van der Waals surface area contributed by atoms with Gasteiger partial charge >= 0.3 is 0 Å². The Morgan fingerprint density at radius 3 is 2.95 bits per heavy atom. The SMILES string of the molecule is C1=C(c2cnc3nccn3c2)c2cnc(C3CC3)nc2CC1. The number of aromatic nitrogens is 5. The molecule has 0 aromatic carbocycles. The maximum Gasteiger partial charge on any atom is 0.233 e. The van der Waals surface area contributed by atoms with Crippen molar-refractivity contribution in [2.45, 2.75) is 31.6 Å². The number of allylic oxidation sites excluding steroid dienone is 1. The van der Waals surface area contributed by atoms with Gasteiger partial charge in [0.25, 0.3) is 0 Å². The highest BCUT2D eigenvalue weighted by molar-refractivity contribution is 5.81. The first kappa shape index (κ1) is 12.0. The fraction of sp³-hybridized carbons (Fsp3) is 0.294. The van der Waals surface area contributed by atoms with Gasteiger partial charge in [-0.2, -0.15) is 0 Å². The molecule has 5 nitrogen and oxygen atoms in total. The van der Waals surface area contributed by atoms with Crippen molar-refractivity contribution in [2.75, 3.05) is 0 Å². The van der Waals surface area contributed by atoms with Gasteiger partial charge in [0.15, 0.2) is 0 Å². The number of imidazole rings is 1. The summed E-state index contributed by atoms with van der Waals surface area (Å²) in [5.41, 5.74) is 4.61. The first-order valence-electron chi connectivity index (χ1n) is 7.74. The molecule has 1 saturated carbocycles. The maximum absolute atomic E-state index is 4.81. The lowest BCUT2D eigenvalue weighted by atomic mass is 9.92. The summed E-state index contributed by atoms with van der Waals surface area (Å²) in [7, 11) is 0. The third kappa shape index (κ3) is 1.85. The summed E-state index contributed by atoms with van der Waals surface area (Å²) in [5.74, 6) is 2.35. The number of nitrogens with zero attached hydrogens (tertiary/aromatic N) is 5. The second-order valence-corrected chi connectivity index (χ2v) is 6.00.